The topological polar surface area (TPSA) is 26.3 Å². The highest BCUT2D eigenvalue weighted by Crippen LogP contribution is 2.19. The fourth-order valence-electron chi connectivity index (χ4n) is 0.987. The van der Waals surface area contributed by atoms with Gasteiger partial charge in [-0.3, -0.25) is 0 Å². The van der Waals surface area contributed by atoms with Crippen molar-refractivity contribution < 1.29 is 13.9 Å². The first kappa shape index (κ1) is 10.1. The van der Waals surface area contributed by atoms with Crippen LogP contribution in [-0.4, -0.2) is 13.1 Å². The number of methoxy groups -OCH3 is 1. The van der Waals surface area contributed by atoms with Gasteiger partial charge < -0.3 is 4.74 Å². The molecule has 0 spiro atoms. The largest absolute Gasteiger partial charge is 0.465 e. The Hall–Kier alpha value is -1.03. The number of rotatable bonds is 1. The summed E-state index contributed by atoms with van der Waals surface area (Å²) in [7, 11) is 1.25. The van der Waals surface area contributed by atoms with Gasteiger partial charge in [0.15, 0.2) is 0 Å². The van der Waals surface area contributed by atoms with Gasteiger partial charge in [0, 0.05) is 4.90 Å². The van der Waals surface area contributed by atoms with Gasteiger partial charge in [0.05, 0.1) is 12.7 Å². The highest BCUT2D eigenvalue weighted by molar-refractivity contribution is 7.80. The molecule has 0 heterocycles. The van der Waals surface area contributed by atoms with E-state index in [0.717, 1.165) is 6.07 Å². The van der Waals surface area contributed by atoms with Gasteiger partial charge in [0.25, 0.3) is 0 Å². The summed E-state index contributed by atoms with van der Waals surface area (Å²) in [5, 5.41) is 0. The minimum atomic E-state index is -0.549. The highest BCUT2D eigenvalue weighted by Gasteiger charge is 2.12. The van der Waals surface area contributed by atoms with E-state index < -0.39 is 11.8 Å². The number of carbonyl (C=O) groups is 1. The number of carbonyl (C=O) groups excluding carboxylic acids is 1. The number of halogens is 1. The molecule has 0 aliphatic carbocycles. The second-order valence-electron chi connectivity index (χ2n) is 2.59. The number of ether oxygens (including phenoxy) is 1. The Kier molecular flexibility index (Phi) is 2.93. The Morgan fingerprint density at radius 2 is 2.15 bits per heavy atom. The van der Waals surface area contributed by atoms with E-state index in [9.17, 15) is 9.18 Å². The summed E-state index contributed by atoms with van der Waals surface area (Å²) < 4.78 is 17.3. The SMILES string of the molecule is COC(=O)c1cc(F)cc(S)c1C. The molecular weight excluding hydrogens is 191 g/mol. The third kappa shape index (κ3) is 2.01. The van der Waals surface area contributed by atoms with Crippen molar-refractivity contribution >= 4 is 18.6 Å². The molecule has 4 heteroatoms. The van der Waals surface area contributed by atoms with Crippen LogP contribution in [0, 0.1) is 12.7 Å². The molecule has 0 amide bonds. The van der Waals surface area contributed by atoms with E-state index in [-0.39, 0.29) is 5.56 Å². The molecule has 0 bridgehead atoms. The summed E-state index contributed by atoms with van der Waals surface area (Å²) in [6.07, 6.45) is 0. The number of thiol groups is 1. The molecule has 1 aromatic carbocycles. The molecule has 1 aromatic rings. The minimum Gasteiger partial charge on any atom is -0.465 e. The molecule has 0 aliphatic rings. The molecule has 13 heavy (non-hydrogen) atoms. The van der Waals surface area contributed by atoms with E-state index in [0.29, 0.717) is 10.5 Å². The molecule has 0 atom stereocenters. The second kappa shape index (κ2) is 3.79. The van der Waals surface area contributed by atoms with Crippen LogP contribution in [0.1, 0.15) is 15.9 Å². The van der Waals surface area contributed by atoms with Gasteiger partial charge in [-0.15, -0.1) is 12.6 Å². The predicted molar refractivity (Wildman–Crippen MR) is 49.7 cm³/mol. The zero-order valence-electron chi connectivity index (χ0n) is 7.30. The number of hydrogen-bond acceptors (Lipinski definition) is 3. The smallest absolute Gasteiger partial charge is 0.338 e. The summed E-state index contributed by atoms with van der Waals surface area (Å²) >= 11 is 4.02. The predicted octanol–water partition coefficient (Wildman–Crippen LogP) is 2.21. The summed E-state index contributed by atoms with van der Waals surface area (Å²) in [6, 6.07) is 2.39. The van der Waals surface area contributed by atoms with Crippen LogP contribution in [0.2, 0.25) is 0 Å². The fraction of sp³-hybridized carbons (Fsp3) is 0.222. The monoisotopic (exact) mass is 200 g/mol. The maximum absolute atomic E-state index is 12.8. The van der Waals surface area contributed by atoms with Crippen LogP contribution in [0.25, 0.3) is 0 Å². The Labute approximate surface area is 81.1 Å². The molecule has 0 radical (unpaired) electrons. The standard InChI is InChI=1S/C9H9FO2S/c1-5-7(9(11)12-2)3-6(10)4-8(5)13/h3-4,13H,1-2H3. The average molecular weight is 200 g/mol. The van der Waals surface area contributed by atoms with E-state index in [4.69, 9.17) is 0 Å². The summed E-state index contributed by atoms with van der Waals surface area (Å²) in [4.78, 5) is 11.6. The van der Waals surface area contributed by atoms with Gasteiger partial charge >= 0.3 is 5.97 Å². The lowest BCUT2D eigenvalue weighted by atomic mass is 10.1. The lowest BCUT2D eigenvalue weighted by Gasteiger charge is -2.05. The molecule has 0 saturated carbocycles. The summed E-state index contributed by atoms with van der Waals surface area (Å²) in [5.74, 6) is -1.04. The van der Waals surface area contributed by atoms with Crippen LogP contribution in [-0.2, 0) is 4.74 Å². The van der Waals surface area contributed by atoms with Crippen molar-refractivity contribution in [3.05, 3.63) is 29.1 Å². The third-order valence-electron chi connectivity index (χ3n) is 1.75. The molecule has 0 fully saturated rings. The lowest BCUT2D eigenvalue weighted by molar-refractivity contribution is 0.0599. The maximum atomic E-state index is 12.8. The van der Waals surface area contributed by atoms with Crippen LogP contribution in [0.3, 0.4) is 0 Å². The lowest BCUT2D eigenvalue weighted by Crippen LogP contribution is -2.04. The van der Waals surface area contributed by atoms with Crippen molar-refractivity contribution in [2.75, 3.05) is 7.11 Å². The summed E-state index contributed by atoms with van der Waals surface area (Å²) in [5.41, 5.74) is 0.837. The average Bonchev–Trinajstić information content (AvgIpc) is 2.10. The zero-order chi connectivity index (χ0) is 10.0. The van der Waals surface area contributed by atoms with Gasteiger partial charge in [-0.25, -0.2) is 9.18 Å². The molecule has 0 N–H and O–H groups in total. The molecule has 70 valence electrons. The Bertz CT molecular complexity index is 350. The number of benzene rings is 1. The quantitative estimate of drug-likeness (QED) is 0.555. The van der Waals surface area contributed by atoms with Crippen molar-refractivity contribution in [1.29, 1.82) is 0 Å². The number of esters is 1. The van der Waals surface area contributed by atoms with E-state index >= 15 is 0 Å². The Balaban J connectivity index is 3.28. The molecule has 0 saturated heterocycles. The van der Waals surface area contributed by atoms with E-state index in [1.807, 2.05) is 0 Å². The fourth-order valence-corrected chi connectivity index (χ4v) is 1.23. The van der Waals surface area contributed by atoms with Crippen molar-refractivity contribution in [2.24, 2.45) is 0 Å². The zero-order valence-corrected chi connectivity index (χ0v) is 8.19. The first-order valence-corrected chi connectivity index (χ1v) is 4.08. The first-order valence-electron chi connectivity index (χ1n) is 3.63. The van der Waals surface area contributed by atoms with Crippen molar-refractivity contribution in [3.63, 3.8) is 0 Å². The second-order valence-corrected chi connectivity index (χ2v) is 3.07. The van der Waals surface area contributed by atoms with Gasteiger partial charge in [0.1, 0.15) is 5.82 Å². The van der Waals surface area contributed by atoms with Gasteiger partial charge in [0.2, 0.25) is 0 Å². The Morgan fingerprint density at radius 1 is 1.54 bits per heavy atom. The third-order valence-corrected chi connectivity index (χ3v) is 2.21. The minimum absolute atomic E-state index is 0.215. The van der Waals surface area contributed by atoms with Crippen LogP contribution < -0.4 is 0 Å². The van der Waals surface area contributed by atoms with Gasteiger partial charge in [-0.1, -0.05) is 0 Å². The maximum Gasteiger partial charge on any atom is 0.338 e. The van der Waals surface area contributed by atoms with Crippen LogP contribution >= 0.6 is 12.6 Å². The normalized spacial score (nSPS) is 9.85. The van der Waals surface area contributed by atoms with Crippen LogP contribution in [0.4, 0.5) is 4.39 Å². The molecule has 2 nitrogen and oxygen atoms in total. The Morgan fingerprint density at radius 3 is 2.69 bits per heavy atom. The molecular formula is C9H9FO2S. The highest BCUT2D eigenvalue weighted by atomic mass is 32.1. The van der Waals surface area contributed by atoms with Gasteiger partial charge in [-0.05, 0) is 24.6 Å². The molecule has 0 aromatic heterocycles. The van der Waals surface area contributed by atoms with E-state index in [1.165, 1.54) is 13.2 Å². The molecule has 0 aliphatic heterocycles. The van der Waals surface area contributed by atoms with E-state index in [2.05, 4.69) is 17.4 Å². The van der Waals surface area contributed by atoms with Gasteiger partial charge in [-0.2, -0.15) is 0 Å². The van der Waals surface area contributed by atoms with Crippen molar-refractivity contribution in [3.8, 4) is 0 Å². The van der Waals surface area contributed by atoms with Crippen molar-refractivity contribution in [1.82, 2.24) is 0 Å². The van der Waals surface area contributed by atoms with Crippen LogP contribution in [0.15, 0.2) is 17.0 Å². The number of hydrogen-bond donors (Lipinski definition) is 1. The summed E-state index contributed by atoms with van der Waals surface area (Å²) in [6.45, 7) is 1.69. The van der Waals surface area contributed by atoms with Crippen molar-refractivity contribution in [2.45, 2.75) is 11.8 Å². The molecule has 0 unspecified atom stereocenters. The molecule has 1 rings (SSSR count). The first-order chi connectivity index (χ1) is 6.06. The van der Waals surface area contributed by atoms with E-state index in [1.54, 1.807) is 6.92 Å². The van der Waals surface area contributed by atoms with Crippen LogP contribution in [0.5, 0.6) is 0 Å².